The van der Waals surface area contributed by atoms with Crippen LogP contribution in [0, 0.1) is 0 Å². The van der Waals surface area contributed by atoms with Gasteiger partial charge in [0.2, 0.25) is 0 Å². The van der Waals surface area contributed by atoms with Gasteiger partial charge in [-0.3, -0.25) is 10.1 Å². The standard InChI is InChI=1S/C21H20N2O3S/c1-21(2)11-15-9-6-10-17(19(15)26-21)25-12-18(24)23-20-22-16(13-27-20)14-7-4-3-5-8-14/h3-10,13H,11-12H2,1-2H3,(H,22,23,24). The second-order valence-electron chi connectivity index (χ2n) is 7.02. The van der Waals surface area contributed by atoms with Crippen molar-refractivity contribution in [2.45, 2.75) is 25.9 Å². The number of nitrogens with one attached hydrogen (secondary N) is 1. The average molecular weight is 380 g/mol. The molecule has 2 heterocycles. The van der Waals surface area contributed by atoms with Gasteiger partial charge in [0.25, 0.3) is 5.91 Å². The molecule has 0 saturated heterocycles. The molecule has 1 aliphatic heterocycles. The molecule has 1 N–H and O–H groups in total. The van der Waals surface area contributed by atoms with Gasteiger partial charge in [-0.15, -0.1) is 11.3 Å². The molecule has 0 spiro atoms. The minimum absolute atomic E-state index is 0.0967. The van der Waals surface area contributed by atoms with E-state index in [4.69, 9.17) is 9.47 Å². The SMILES string of the molecule is CC1(C)Cc2cccc(OCC(=O)Nc3nc(-c4ccccc4)cs3)c2O1. The normalized spacial score (nSPS) is 14.3. The first-order chi connectivity index (χ1) is 13.0. The van der Waals surface area contributed by atoms with E-state index in [1.54, 1.807) is 0 Å². The summed E-state index contributed by atoms with van der Waals surface area (Å²) in [5.74, 6) is 1.08. The van der Waals surface area contributed by atoms with E-state index in [-0.39, 0.29) is 18.1 Å². The van der Waals surface area contributed by atoms with Crippen molar-refractivity contribution in [2.75, 3.05) is 11.9 Å². The second kappa shape index (κ2) is 7.04. The Labute approximate surface area is 162 Å². The van der Waals surface area contributed by atoms with Crippen molar-refractivity contribution >= 4 is 22.4 Å². The van der Waals surface area contributed by atoms with E-state index >= 15 is 0 Å². The van der Waals surface area contributed by atoms with Crippen molar-refractivity contribution in [3.63, 3.8) is 0 Å². The number of nitrogens with zero attached hydrogens (tertiary/aromatic N) is 1. The number of para-hydroxylation sites is 1. The van der Waals surface area contributed by atoms with Gasteiger partial charge in [0.05, 0.1) is 5.69 Å². The Balaban J connectivity index is 1.38. The Bertz CT molecular complexity index is 967. The molecule has 5 nitrogen and oxygen atoms in total. The van der Waals surface area contributed by atoms with Crippen LogP contribution in [-0.4, -0.2) is 23.1 Å². The van der Waals surface area contributed by atoms with Crippen LogP contribution in [0.3, 0.4) is 0 Å². The van der Waals surface area contributed by atoms with Crippen LogP contribution in [0.25, 0.3) is 11.3 Å². The zero-order chi connectivity index (χ0) is 18.9. The van der Waals surface area contributed by atoms with Gasteiger partial charge in [0, 0.05) is 22.9 Å². The number of rotatable bonds is 5. The van der Waals surface area contributed by atoms with Crippen LogP contribution in [0.2, 0.25) is 0 Å². The van der Waals surface area contributed by atoms with E-state index < -0.39 is 0 Å². The molecular formula is C21H20N2O3S. The number of anilines is 1. The number of amides is 1. The molecule has 0 bridgehead atoms. The first-order valence-electron chi connectivity index (χ1n) is 8.75. The van der Waals surface area contributed by atoms with Crippen LogP contribution in [0.4, 0.5) is 5.13 Å². The zero-order valence-corrected chi connectivity index (χ0v) is 16.0. The Kier molecular flexibility index (Phi) is 4.58. The molecule has 4 rings (SSSR count). The molecular weight excluding hydrogens is 360 g/mol. The lowest BCUT2D eigenvalue weighted by atomic mass is 10.0. The summed E-state index contributed by atoms with van der Waals surface area (Å²) >= 11 is 1.39. The first-order valence-corrected chi connectivity index (χ1v) is 9.63. The molecule has 1 amide bonds. The molecule has 138 valence electrons. The monoisotopic (exact) mass is 380 g/mol. The second-order valence-corrected chi connectivity index (χ2v) is 7.88. The van der Waals surface area contributed by atoms with Gasteiger partial charge in [-0.2, -0.15) is 0 Å². The molecule has 27 heavy (non-hydrogen) atoms. The van der Waals surface area contributed by atoms with Crippen LogP contribution < -0.4 is 14.8 Å². The number of thiazole rings is 1. The molecule has 1 aromatic heterocycles. The number of carbonyl (C=O) groups excluding carboxylic acids is 1. The van der Waals surface area contributed by atoms with E-state index in [0.29, 0.717) is 10.9 Å². The van der Waals surface area contributed by atoms with Crippen molar-refractivity contribution in [3.8, 4) is 22.8 Å². The molecule has 0 unspecified atom stereocenters. The molecule has 1 aliphatic rings. The smallest absolute Gasteiger partial charge is 0.264 e. The number of hydrogen-bond acceptors (Lipinski definition) is 5. The quantitative estimate of drug-likeness (QED) is 0.706. The summed E-state index contributed by atoms with van der Waals surface area (Å²) in [5.41, 5.74) is 2.71. The fourth-order valence-corrected chi connectivity index (χ4v) is 3.81. The molecule has 2 aromatic carbocycles. The third-order valence-corrected chi connectivity index (χ3v) is 4.99. The van der Waals surface area contributed by atoms with Crippen molar-refractivity contribution in [2.24, 2.45) is 0 Å². The number of benzene rings is 2. The lowest BCUT2D eigenvalue weighted by molar-refractivity contribution is -0.118. The maximum atomic E-state index is 12.2. The van der Waals surface area contributed by atoms with E-state index in [0.717, 1.165) is 29.0 Å². The van der Waals surface area contributed by atoms with Crippen LogP contribution in [0.15, 0.2) is 53.9 Å². The number of fused-ring (bicyclic) bond motifs is 1. The minimum atomic E-state index is -0.251. The fraction of sp³-hybridized carbons (Fsp3) is 0.238. The Morgan fingerprint density at radius 2 is 2.04 bits per heavy atom. The fourth-order valence-electron chi connectivity index (χ4n) is 3.07. The maximum absolute atomic E-state index is 12.2. The Hall–Kier alpha value is -2.86. The number of hydrogen-bond donors (Lipinski definition) is 1. The highest BCUT2D eigenvalue weighted by Gasteiger charge is 2.32. The van der Waals surface area contributed by atoms with Crippen molar-refractivity contribution in [3.05, 3.63) is 59.5 Å². The summed E-state index contributed by atoms with van der Waals surface area (Å²) in [6, 6.07) is 15.6. The molecule has 6 heteroatoms. The summed E-state index contributed by atoms with van der Waals surface area (Å²) < 4.78 is 11.7. The van der Waals surface area contributed by atoms with Crippen molar-refractivity contribution in [1.29, 1.82) is 0 Å². The topological polar surface area (TPSA) is 60.5 Å². The number of ether oxygens (including phenoxy) is 2. The number of aromatic nitrogens is 1. The third-order valence-electron chi connectivity index (χ3n) is 4.23. The van der Waals surface area contributed by atoms with Gasteiger partial charge >= 0.3 is 0 Å². The summed E-state index contributed by atoms with van der Waals surface area (Å²) in [6.07, 6.45) is 0.826. The van der Waals surface area contributed by atoms with Gasteiger partial charge in [-0.05, 0) is 19.9 Å². The largest absolute Gasteiger partial charge is 0.483 e. The van der Waals surface area contributed by atoms with E-state index in [9.17, 15) is 4.79 Å². The third kappa shape index (κ3) is 3.95. The Morgan fingerprint density at radius 1 is 1.22 bits per heavy atom. The average Bonchev–Trinajstić information content (AvgIpc) is 3.23. The zero-order valence-electron chi connectivity index (χ0n) is 15.2. The highest BCUT2D eigenvalue weighted by molar-refractivity contribution is 7.14. The van der Waals surface area contributed by atoms with Crippen LogP contribution in [0.1, 0.15) is 19.4 Å². The van der Waals surface area contributed by atoms with Gasteiger partial charge in [-0.1, -0.05) is 42.5 Å². The summed E-state index contributed by atoms with van der Waals surface area (Å²) in [7, 11) is 0. The highest BCUT2D eigenvalue weighted by atomic mass is 32.1. The maximum Gasteiger partial charge on any atom is 0.264 e. The van der Waals surface area contributed by atoms with Gasteiger partial charge in [-0.25, -0.2) is 4.98 Å². The predicted molar refractivity (Wildman–Crippen MR) is 107 cm³/mol. The lowest BCUT2D eigenvalue weighted by Gasteiger charge is -2.18. The first kappa shape index (κ1) is 17.5. The van der Waals surface area contributed by atoms with Crippen LogP contribution >= 0.6 is 11.3 Å². The van der Waals surface area contributed by atoms with Gasteiger partial charge in [0.1, 0.15) is 5.60 Å². The molecule has 0 radical (unpaired) electrons. The van der Waals surface area contributed by atoms with Gasteiger partial charge < -0.3 is 9.47 Å². The summed E-state index contributed by atoms with van der Waals surface area (Å²) in [4.78, 5) is 16.7. The molecule has 0 aliphatic carbocycles. The van der Waals surface area contributed by atoms with Crippen molar-refractivity contribution < 1.29 is 14.3 Å². The van der Waals surface area contributed by atoms with Gasteiger partial charge in [0.15, 0.2) is 23.2 Å². The highest BCUT2D eigenvalue weighted by Crippen LogP contribution is 2.41. The lowest BCUT2D eigenvalue weighted by Crippen LogP contribution is -2.25. The predicted octanol–water partition coefficient (Wildman–Crippen LogP) is 4.54. The van der Waals surface area contributed by atoms with E-state index in [2.05, 4.69) is 10.3 Å². The van der Waals surface area contributed by atoms with Crippen LogP contribution in [-0.2, 0) is 11.2 Å². The molecule has 0 fully saturated rings. The Morgan fingerprint density at radius 3 is 2.85 bits per heavy atom. The van der Waals surface area contributed by atoms with Crippen LogP contribution in [0.5, 0.6) is 11.5 Å². The molecule has 3 aromatic rings. The minimum Gasteiger partial charge on any atom is -0.483 e. The summed E-state index contributed by atoms with van der Waals surface area (Å²) in [5, 5.41) is 5.27. The van der Waals surface area contributed by atoms with E-state index in [1.165, 1.54) is 11.3 Å². The summed E-state index contributed by atoms with van der Waals surface area (Å²) in [6.45, 7) is 3.98. The molecule has 0 saturated carbocycles. The number of carbonyl (C=O) groups is 1. The van der Waals surface area contributed by atoms with Crippen molar-refractivity contribution in [1.82, 2.24) is 4.98 Å². The molecule has 0 atom stereocenters. The van der Waals surface area contributed by atoms with E-state index in [1.807, 2.05) is 67.8 Å².